The largest absolute Gasteiger partial charge is 0.545 e. The fourth-order valence-electron chi connectivity index (χ4n) is 2.71. The lowest BCUT2D eigenvalue weighted by atomic mass is 10.1. The number of hydrogen-bond donors (Lipinski definition) is 1. The second-order valence-corrected chi connectivity index (χ2v) is 6.68. The number of carboxylic acid groups (broad SMARTS) is 1. The van der Waals surface area contributed by atoms with E-state index in [1.54, 1.807) is 23.1 Å². The van der Waals surface area contributed by atoms with Crippen LogP contribution in [0.4, 0.5) is 0 Å². The molecule has 0 saturated heterocycles. The Morgan fingerprint density at radius 1 is 1.14 bits per heavy atom. The van der Waals surface area contributed by atoms with Crippen molar-refractivity contribution in [2.24, 2.45) is 11.8 Å². The number of carboxylic acids is 1. The quantitative estimate of drug-likeness (QED) is 0.657. The highest BCUT2D eigenvalue weighted by molar-refractivity contribution is 5.89. The summed E-state index contributed by atoms with van der Waals surface area (Å²) in [7, 11) is 0. The highest BCUT2D eigenvalue weighted by Crippen LogP contribution is 2.16. The minimum Gasteiger partial charge on any atom is -0.545 e. The monoisotopic (exact) mass is 307 g/mol. The number of carbonyl (C=O) groups excluding carboxylic acids is 1. The molecule has 22 heavy (non-hydrogen) atoms. The SMILES string of the molecule is CC(C)C[NH+](CCCOc1ccccc1C(=O)[O-])CC(C)C. The number of carbonyl (C=O) groups is 1. The summed E-state index contributed by atoms with van der Waals surface area (Å²) in [5.41, 5.74) is 0.121. The van der Waals surface area contributed by atoms with E-state index >= 15 is 0 Å². The van der Waals surface area contributed by atoms with Crippen LogP contribution < -0.4 is 14.7 Å². The minimum absolute atomic E-state index is 0.121. The van der Waals surface area contributed by atoms with Gasteiger partial charge in [-0.3, -0.25) is 0 Å². The smallest absolute Gasteiger partial charge is 0.128 e. The van der Waals surface area contributed by atoms with E-state index in [-0.39, 0.29) is 5.56 Å². The lowest BCUT2D eigenvalue weighted by Gasteiger charge is -2.23. The van der Waals surface area contributed by atoms with Gasteiger partial charge in [-0.05, 0) is 12.1 Å². The maximum absolute atomic E-state index is 11.0. The van der Waals surface area contributed by atoms with Crippen molar-refractivity contribution < 1.29 is 19.5 Å². The van der Waals surface area contributed by atoms with Crippen LogP contribution in [0, 0.1) is 11.8 Å². The fourth-order valence-corrected chi connectivity index (χ4v) is 2.71. The number of aromatic carboxylic acids is 1. The lowest BCUT2D eigenvalue weighted by molar-refractivity contribution is -0.906. The minimum atomic E-state index is -1.19. The van der Waals surface area contributed by atoms with Crippen LogP contribution >= 0.6 is 0 Å². The van der Waals surface area contributed by atoms with Gasteiger partial charge in [0.2, 0.25) is 0 Å². The van der Waals surface area contributed by atoms with Crippen LogP contribution in [0.5, 0.6) is 5.75 Å². The third-order valence-corrected chi connectivity index (χ3v) is 3.43. The summed E-state index contributed by atoms with van der Waals surface area (Å²) in [6.07, 6.45) is 0.913. The van der Waals surface area contributed by atoms with Gasteiger partial charge in [-0.15, -0.1) is 0 Å². The molecule has 0 heterocycles. The molecule has 0 unspecified atom stereocenters. The van der Waals surface area contributed by atoms with Crippen molar-refractivity contribution in [1.82, 2.24) is 0 Å². The van der Waals surface area contributed by atoms with E-state index in [0.29, 0.717) is 24.2 Å². The first-order valence-electron chi connectivity index (χ1n) is 8.16. The standard InChI is InChI=1S/C18H29NO3/c1-14(2)12-19(13-15(3)4)10-7-11-22-17-9-6-5-8-16(17)18(20)21/h5-6,8-9,14-15H,7,10-13H2,1-4H3,(H,20,21). The second-order valence-electron chi connectivity index (χ2n) is 6.68. The predicted octanol–water partition coefficient (Wildman–Crippen LogP) is 1.02. The predicted molar refractivity (Wildman–Crippen MR) is 86.1 cm³/mol. The molecule has 0 saturated carbocycles. The molecule has 1 aromatic carbocycles. The van der Waals surface area contributed by atoms with Gasteiger partial charge >= 0.3 is 0 Å². The van der Waals surface area contributed by atoms with Gasteiger partial charge in [-0.2, -0.15) is 0 Å². The van der Waals surface area contributed by atoms with Gasteiger partial charge in [-0.1, -0.05) is 39.8 Å². The summed E-state index contributed by atoms with van der Waals surface area (Å²) in [6.45, 7) is 12.9. The van der Waals surface area contributed by atoms with Gasteiger partial charge < -0.3 is 19.5 Å². The molecule has 0 atom stereocenters. The Balaban J connectivity index is 2.44. The van der Waals surface area contributed by atoms with E-state index in [9.17, 15) is 9.90 Å². The van der Waals surface area contributed by atoms with Crippen LogP contribution in [-0.2, 0) is 0 Å². The van der Waals surface area contributed by atoms with Crippen LogP contribution in [0.25, 0.3) is 0 Å². The number of rotatable bonds is 10. The molecule has 0 bridgehead atoms. The Morgan fingerprint density at radius 2 is 1.73 bits per heavy atom. The molecule has 1 N–H and O–H groups in total. The van der Waals surface area contributed by atoms with Gasteiger partial charge in [0.05, 0.1) is 32.2 Å². The molecule has 0 amide bonds. The first-order chi connectivity index (χ1) is 10.4. The molecule has 0 spiro atoms. The molecule has 0 aliphatic heterocycles. The fraction of sp³-hybridized carbons (Fsp3) is 0.611. The van der Waals surface area contributed by atoms with Gasteiger partial charge in [-0.25, -0.2) is 0 Å². The van der Waals surface area contributed by atoms with Crippen molar-refractivity contribution in [3.8, 4) is 5.75 Å². The summed E-state index contributed by atoms with van der Waals surface area (Å²) in [4.78, 5) is 12.6. The molecule has 0 fully saturated rings. The normalized spacial score (nSPS) is 11.4. The first-order valence-corrected chi connectivity index (χ1v) is 8.16. The highest BCUT2D eigenvalue weighted by Gasteiger charge is 2.13. The Hall–Kier alpha value is -1.55. The van der Waals surface area contributed by atoms with Crippen molar-refractivity contribution in [2.45, 2.75) is 34.1 Å². The lowest BCUT2D eigenvalue weighted by Crippen LogP contribution is -3.13. The van der Waals surface area contributed by atoms with Crippen LogP contribution in [0.3, 0.4) is 0 Å². The molecular weight excluding hydrogens is 278 g/mol. The molecule has 4 heteroatoms. The number of nitrogens with one attached hydrogen (secondary N) is 1. The first kappa shape index (κ1) is 18.5. The average Bonchev–Trinajstić information content (AvgIpc) is 2.42. The van der Waals surface area contributed by atoms with E-state index < -0.39 is 5.97 Å². The summed E-state index contributed by atoms with van der Waals surface area (Å²) in [6, 6.07) is 6.64. The van der Waals surface area contributed by atoms with E-state index in [1.165, 1.54) is 6.07 Å². The number of ether oxygens (including phenoxy) is 1. The van der Waals surface area contributed by atoms with Crippen LogP contribution in [-0.4, -0.2) is 32.2 Å². The second kappa shape index (κ2) is 9.46. The molecule has 0 aliphatic carbocycles. The van der Waals surface area contributed by atoms with Crippen LogP contribution in [0.15, 0.2) is 24.3 Å². The summed E-state index contributed by atoms with van der Waals surface area (Å²) < 4.78 is 5.62. The molecule has 0 aromatic heterocycles. The van der Waals surface area contributed by atoms with Crippen molar-refractivity contribution in [3.05, 3.63) is 29.8 Å². The molecule has 4 nitrogen and oxygen atoms in total. The third-order valence-electron chi connectivity index (χ3n) is 3.43. The van der Waals surface area contributed by atoms with Crippen molar-refractivity contribution in [1.29, 1.82) is 0 Å². The summed E-state index contributed by atoms with van der Waals surface area (Å²) in [5.74, 6) is 0.557. The average molecular weight is 307 g/mol. The molecule has 124 valence electrons. The number of benzene rings is 1. The van der Waals surface area contributed by atoms with Gasteiger partial charge in [0.25, 0.3) is 0 Å². The van der Waals surface area contributed by atoms with Crippen molar-refractivity contribution >= 4 is 5.97 Å². The number of hydrogen-bond acceptors (Lipinski definition) is 3. The van der Waals surface area contributed by atoms with E-state index in [1.807, 2.05) is 0 Å². The Labute approximate surface area is 134 Å². The zero-order valence-corrected chi connectivity index (χ0v) is 14.2. The van der Waals surface area contributed by atoms with Gasteiger partial charge in [0, 0.05) is 23.8 Å². The molecule has 1 aromatic rings. The van der Waals surface area contributed by atoms with Gasteiger partial charge in [0.15, 0.2) is 0 Å². The topological polar surface area (TPSA) is 53.8 Å². The van der Waals surface area contributed by atoms with E-state index in [4.69, 9.17) is 4.74 Å². The zero-order chi connectivity index (χ0) is 16.5. The summed E-state index contributed by atoms with van der Waals surface area (Å²) >= 11 is 0. The zero-order valence-electron chi connectivity index (χ0n) is 14.2. The third kappa shape index (κ3) is 6.94. The molecule has 1 rings (SSSR count). The Kier molecular flexibility index (Phi) is 7.96. The molecule has 0 aliphatic rings. The van der Waals surface area contributed by atoms with Crippen LogP contribution in [0.1, 0.15) is 44.5 Å². The van der Waals surface area contributed by atoms with E-state index in [0.717, 1.165) is 26.1 Å². The Bertz CT molecular complexity index is 447. The van der Waals surface area contributed by atoms with E-state index in [2.05, 4.69) is 27.7 Å². The van der Waals surface area contributed by atoms with Gasteiger partial charge in [0.1, 0.15) is 5.75 Å². The maximum Gasteiger partial charge on any atom is 0.128 e. The highest BCUT2D eigenvalue weighted by atomic mass is 16.5. The Morgan fingerprint density at radius 3 is 2.27 bits per heavy atom. The molecular formula is C18H29NO3. The number of para-hydroxylation sites is 1. The number of quaternary nitrogens is 1. The van der Waals surface area contributed by atoms with Crippen molar-refractivity contribution in [3.63, 3.8) is 0 Å². The van der Waals surface area contributed by atoms with Crippen LogP contribution in [0.2, 0.25) is 0 Å². The summed E-state index contributed by atoms with van der Waals surface area (Å²) in [5, 5.41) is 11.0. The van der Waals surface area contributed by atoms with Crippen molar-refractivity contribution in [2.75, 3.05) is 26.2 Å². The maximum atomic E-state index is 11.0. The molecule has 0 radical (unpaired) electrons.